The molecule has 1 saturated carbocycles. The fraction of sp³-hybridized carbons (Fsp3) is 0.481. The number of likely N-dealkylation sites (tertiary alicyclic amines) is 1. The van der Waals surface area contributed by atoms with Crippen molar-refractivity contribution in [3.63, 3.8) is 0 Å². The number of carbonyl (C=O) groups excluding carboxylic acids is 1. The van der Waals surface area contributed by atoms with Crippen LogP contribution in [0.15, 0.2) is 36.8 Å². The van der Waals surface area contributed by atoms with Gasteiger partial charge in [-0.05, 0) is 70.3 Å². The standard InChI is InChI=1S/C27H35F2N7O/c1-16(2)35-7-6-18(24(29)14-35)12-31-21-9-19(11-30-13-21)25-15-36(34-33-25)26-10-22(23(28)8-17(26)3)27(37)32-20-4-5-20/h8-11,13,15-16,18,20,24,31,33-34H,4-7,12,14H2,1-3H3,(H,32,37)/t18?,24-/m1/s1. The summed E-state index contributed by atoms with van der Waals surface area (Å²) < 4.78 is 29.3. The Morgan fingerprint density at radius 1 is 1.22 bits per heavy atom. The van der Waals surface area contributed by atoms with Gasteiger partial charge in [-0.15, -0.1) is 5.53 Å². The van der Waals surface area contributed by atoms with E-state index in [9.17, 15) is 13.6 Å². The van der Waals surface area contributed by atoms with Gasteiger partial charge in [-0.1, -0.05) is 0 Å². The molecule has 2 atom stereocenters. The SMILES string of the molecule is Cc1cc(F)c(C(=O)NC2CC2)cc1N1C=C(c2cncc(NCC3CCN(C(C)C)C[C@H]3F)c2)NN1. The highest BCUT2D eigenvalue weighted by atomic mass is 19.1. The Kier molecular flexibility index (Phi) is 7.30. The number of aromatic nitrogens is 1. The molecule has 4 N–H and O–H groups in total. The van der Waals surface area contributed by atoms with Gasteiger partial charge >= 0.3 is 0 Å². The average Bonchev–Trinajstić information content (AvgIpc) is 3.55. The van der Waals surface area contributed by atoms with Crippen LogP contribution in [-0.4, -0.2) is 53.7 Å². The van der Waals surface area contributed by atoms with E-state index in [1.165, 1.54) is 6.07 Å². The van der Waals surface area contributed by atoms with Crippen LogP contribution in [0.25, 0.3) is 5.70 Å². The monoisotopic (exact) mass is 511 g/mol. The number of piperidine rings is 1. The molecule has 1 saturated heterocycles. The lowest BCUT2D eigenvalue weighted by Crippen LogP contribution is -2.46. The lowest BCUT2D eigenvalue weighted by atomic mass is 9.94. The van der Waals surface area contributed by atoms with Crippen molar-refractivity contribution >= 4 is 23.0 Å². The first-order valence-electron chi connectivity index (χ1n) is 13.0. The number of nitrogens with zero attached hydrogens (tertiary/aromatic N) is 3. The first-order valence-corrected chi connectivity index (χ1v) is 13.0. The van der Waals surface area contributed by atoms with Crippen molar-refractivity contribution in [2.75, 3.05) is 30.0 Å². The average molecular weight is 512 g/mol. The van der Waals surface area contributed by atoms with Crippen LogP contribution in [0.4, 0.5) is 20.2 Å². The Bertz CT molecular complexity index is 1180. The van der Waals surface area contributed by atoms with Crippen molar-refractivity contribution in [3.05, 3.63) is 59.3 Å². The van der Waals surface area contributed by atoms with Crippen molar-refractivity contribution in [1.29, 1.82) is 0 Å². The van der Waals surface area contributed by atoms with Crippen molar-refractivity contribution in [3.8, 4) is 0 Å². The normalized spacial score (nSPS) is 22.1. The summed E-state index contributed by atoms with van der Waals surface area (Å²) in [6, 6.07) is 5.40. The van der Waals surface area contributed by atoms with E-state index in [-0.39, 0.29) is 17.5 Å². The number of hydrogen-bond acceptors (Lipinski definition) is 7. The quantitative estimate of drug-likeness (QED) is 0.430. The molecule has 1 amide bonds. The van der Waals surface area contributed by atoms with Crippen molar-refractivity contribution in [1.82, 2.24) is 26.2 Å². The van der Waals surface area contributed by atoms with Gasteiger partial charge in [0.1, 0.15) is 12.0 Å². The zero-order valence-electron chi connectivity index (χ0n) is 21.5. The maximum atomic E-state index is 14.7. The van der Waals surface area contributed by atoms with Crippen LogP contribution < -0.4 is 26.6 Å². The summed E-state index contributed by atoms with van der Waals surface area (Å²) in [7, 11) is 0. The number of amides is 1. The number of anilines is 2. The molecule has 5 rings (SSSR count). The van der Waals surface area contributed by atoms with Gasteiger partial charge in [0, 0.05) is 55.2 Å². The maximum absolute atomic E-state index is 14.7. The molecule has 0 bridgehead atoms. The molecule has 1 aliphatic carbocycles. The molecular formula is C27H35F2N7O. The van der Waals surface area contributed by atoms with Crippen LogP contribution >= 0.6 is 0 Å². The predicted molar refractivity (Wildman–Crippen MR) is 141 cm³/mol. The second-order valence-corrected chi connectivity index (χ2v) is 10.5. The van der Waals surface area contributed by atoms with Gasteiger partial charge in [0.2, 0.25) is 0 Å². The molecule has 2 fully saturated rings. The molecule has 198 valence electrons. The van der Waals surface area contributed by atoms with E-state index in [0.717, 1.165) is 42.8 Å². The number of halogens is 2. The molecule has 10 heteroatoms. The molecule has 0 spiro atoms. The summed E-state index contributed by atoms with van der Waals surface area (Å²) in [5, 5.41) is 7.92. The molecule has 1 aromatic heterocycles. The van der Waals surface area contributed by atoms with Crippen LogP contribution in [0.3, 0.4) is 0 Å². The van der Waals surface area contributed by atoms with Gasteiger partial charge in [0.05, 0.1) is 22.6 Å². The number of hydrazine groups is 2. The molecular weight excluding hydrogens is 476 g/mol. The molecule has 2 aromatic rings. The van der Waals surface area contributed by atoms with Crippen LogP contribution in [0.2, 0.25) is 0 Å². The van der Waals surface area contributed by atoms with E-state index >= 15 is 0 Å². The maximum Gasteiger partial charge on any atom is 0.254 e. The van der Waals surface area contributed by atoms with Gasteiger partial charge < -0.3 is 16.1 Å². The lowest BCUT2D eigenvalue weighted by molar-refractivity contribution is 0.0706. The second kappa shape index (κ2) is 10.6. The smallest absolute Gasteiger partial charge is 0.254 e. The molecule has 3 heterocycles. The molecule has 1 unspecified atom stereocenters. The highest BCUT2D eigenvalue weighted by molar-refractivity contribution is 5.96. The number of hydrogen-bond donors (Lipinski definition) is 4. The first-order chi connectivity index (χ1) is 17.8. The Balaban J connectivity index is 1.26. The van der Waals surface area contributed by atoms with E-state index in [2.05, 4.69) is 45.3 Å². The summed E-state index contributed by atoms with van der Waals surface area (Å²) in [6.45, 7) is 7.94. The van der Waals surface area contributed by atoms with Gasteiger partial charge in [-0.2, -0.15) is 0 Å². The third kappa shape index (κ3) is 5.86. The highest BCUT2D eigenvalue weighted by Crippen LogP contribution is 2.28. The summed E-state index contributed by atoms with van der Waals surface area (Å²) in [5.41, 5.74) is 9.95. The van der Waals surface area contributed by atoms with Crippen molar-refractivity contribution in [2.45, 2.75) is 58.3 Å². The first kappa shape index (κ1) is 25.4. The summed E-state index contributed by atoms with van der Waals surface area (Å²) in [6.07, 6.45) is 7.14. The fourth-order valence-corrected chi connectivity index (χ4v) is 4.78. The molecule has 1 aromatic carbocycles. The molecule has 3 aliphatic rings. The molecule has 8 nitrogen and oxygen atoms in total. The van der Waals surface area contributed by atoms with Crippen molar-refractivity contribution in [2.24, 2.45) is 5.92 Å². The zero-order chi connectivity index (χ0) is 26.1. The minimum Gasteiger partial charge on any atom is -0.383 e. The molecule has 2 aliphatic heterocycles. The van der Waals surface area contributed by atoms with E-state index in [0.29, 0.717) is 30.4 Å². The predicted octanol–water partition coefficient (Wildman–Crippen LogP) is 3.73. The van der Waals surface area contributed by atoms with E-state index in [1.54, 1.807) is 30.4 Å². The van der Waals surface area contributed by atoms with Gasteiger partial charge in [-0.25, -0.2) is 8.78 Å². The Morgan fingerprint density at radius 3 is 2.76 bits per heavy atom. The number of aryl methyl sites for hydroxylation is 1. The Morgan fingerprint density at radius 2 is 2.03 bits per heavy atom. The molecule has 0 radical (unpaired) electrons. The van der Waals surface area contributed by atoms with Gasteiger partial charge in [0.25, 0.3) is 5.91 Å². The number of benzene rings is 1. The third-order valence-electron chi connectivity index (χ3n) is 7.33. The van der Waals surface area contributed by atoms with Crippen LogP contribution in [0.5, 0.6) is 0 Å². The minimum absolute atomic E-state index is 0.0226. The fourth-order valence-electron chi connectivity index (χ4n) is 4.78. The summed E-state index contributed by atoms with van der Waals surface area (Å²) >= 11 is 0. The topological polar surface area (TPSA) is 84.6 Å². The lowest BCUT2D eigenvalue weighted by Gasteiger charge is -2.37. The van der Waals surface area contributed by atoms with Crippen LogP contribution in [0, 0.1) is 18.7 Å². The highest BCUT2D eigenvalue weighted by Gasteiger charge is 2.30. The summed E-state index contributed by atoms with van der Waals surface area (Å²) in [5.74, 6) is -0.970. The number of alkyl halides is 1. The second-order valence-electron chi connectivity index (χ2n) is 10.5. The van der Waals surface area contributed by atoms with Gasteiger partial charge in [-0.3, -0.25) is 19.7 Å². The third-order valence-corrected chi connectivity index (χ3v) is 7.33. The number of carbonyl (C=O) groups is 1. The number of pyridine rings is 1. The molecule has 37 heavy (non-hydrogen) atoms. The number of nitrogens with one attached hydrogen (secondary N) is 4. The Hall–Kier alpha value is -3.24. The van der Waals surface area contributed by atoms with Crippen LogP contribution in [-0.2, 0) is 0 Å². The number of rotatable bonds is 8. The van der Waals surface area contributed by atoms with E-state index < -0.39 is 17.9 Å². The summed E-state index contributed by atoms with van der Waals surface area (Å²) in [4.78, 5) is 19.0. The van der Waals surface area contributed by atoms with E-state index in [4.69, 9.17) is 0 Å². The van der Waals surface area contributed by atoms with Crippen LogP contribution in [0.1, 0.15) is 54.6 Å². The minimum atomic E-state index is -0.855. The van der Waals surface area contributed by atoms with E-state index in [1.807, 2.05) is 12.3 Å². The largest absolute Gasteiger partial charge is 0.383 e. The van der Waals surface area contributed by atoms with Gasteiger partial charge in [0.15, 0.2) is 0 Å². The Labute approximate surface area is 216 Å². The van der Waals surface area contributed by atoms with Crippen molar-refractivity contribution < 1.29 is 13.6 Å². The zero-order valence-corrected chi connectivity index (χ0v) is 21.5.